The van der Waals surface area contributed by atoms with Crippen molar-refractivity contribution in [2.75, 3.05) is 18.5 Å². The summed E-state index contributed by atoms with van der Waals surface area (Å²) in [5, 5.41) is 0. The van der Waals surface area contributed by atoms with E-state index in [-0.39, 0.29) is 0 Å². The summed E-state index contributed by atoms with van der Waals surface area (Å²) >= 11 is 0. The average molecular weight is 190 g/mol. The third-order valence-electron chi connectivity index (χ3n) is 3.41. The van der Waals surface area contributed by atoms with Crippen LogP contribution in [0.2, 0.25) is 0 Å². The standard InChI is InChI=1S/C12H18N2/c1-8-4-5-10-6-11(7-13)14(3)12(10)9(8)2/h4-5,11H,6-7,13H2,1-3H3. The monoisotopic (exact) mass is 190 g/mol. The fourth-order valence-electron chi connectivity index (χ4n) is 2.33. The van der Waals surface area contributed by atoms with Gasteiger partial charge in [-0.3, -0.25) is 0 Å². The van der Waals surface area contributed by atoms with Crippen LogP contribution in [0.3, 0.4) is 0 Å². The Morgan fingerprint density at radius 1 is 1.43 bits per heavy atom. The molecular weight excluding hydrogens is 172 g/mol. The first-order valence-electron chi connectivity index (χ1n) is 5.17. The number of aryl methyl sites for hydroxylation is 1. The molecule has 0 spiro atoms. The van der Waals surface area contributed by atoms with E-state index in [1.165, 1.54) is 22.4 Å². The second-order valence-corrected chi connectivity index (χ2v) is 4.22. The van der Waals surface area contributed by atoms with E-state index in [1.807, 2.05) is 0 Å². The van der Waals surface area contributed by atoms with Crippen molar-refractivity contribution in [1.29, 1.82) is 0 Å². The first-order chi connectivity index (χ1) is 6.65. The van der Waals surface area contributed by atoms with Gasteiger partial charge in [-0.2, -0.15) is 0 Å². The van der Waals surface area contributed by atoms with E-state index in [0.29, 0.717) is 6.04 Å². The minimum atomic E-state index is 0.491. The molecule has 0 bridgehead atoms. The Morgan fingerprint density at radius 2 is 2.14 bits per heavy atom. The molecule has 0 aliphatic carbocycles. The van der Waals surface area contributed by atoms with Gasteiger partial charge >= 0.3 is 0 Å². The summed E-state index contributed by atoms with van der Waals surface area (Å²) in [5.74, 6) is 0. The van der Waals surface area contributed by atoms with E-state index < -0.39 is 0 Å². The van der Waals surface area contributed by atoms with Crippen LogP contribution in [0, 0.1) is 13.8 Å². The van der Waals surface area contributed by atoms with E-state index >= 15 is 0 Å². The molecule has 0 amide bonds. The summed E-state index contributed by atoms with van der Waals surface area (Å²) in [6.07, 6.45) is 1.10. The van der Waals surface area contributed by atoms with Crippen molar-refractivity contribution >= 4 is 5.69 Å². The van der Waals surface area contributed by atoms with Gasteiger partial charge < -0.3 is 10.6 Å². The van der Waals surface area contributed by atoms with Crippen LogP contribution in [0.25, 0.3) is 0 Å². The van der Waals surface area contributed by atoms with Crippen LogP contribution in [-0.2, 0) is 6.42 Å². The highest BCUT2D eigenvalue weighted by atomic mass is 15.2. The van der Waals surface area contributed by atoms with Gasteiger partial charge in [-0.05, 0) is 37.0 Å². The third kappa shape index (κ3) is 1.22. The second-order valence-electron chi connectivity index (χ2n) is 4.22. The Hall–Kier alpha value is -1.02. The Balaban J connectivity index is 2.49. The molecule has 2 rings (SSSR count). The molecule has 2 nitrogen and oxygen atoms in total. The van der Waals surface area contributed by atoms with Gasteiger partial charge in [0.05, 0.1) is 0 Å². The van der Waals surface area contributed by atoms with E-state index in [2.05, 4.69) is 37.9 Å². The molecule has 1 aliphatic rings. The lowest BCUT2D eigenvalue weighted by Gasteiger charge is -2.22. The fraction of sp³-hybridized carbons (Fsp3) is 0.500. The fourth-order valence-corrected chi connectivity index (χ4v) is 2.33. The van der Waals surface area contributed by atoms with Gasteiger partial charge in [-0.1, -0.05) is 12.1 Å². The van der Waals surface area contributed by atoms with Crippen LogP contribution in [0.5, 0.6) is 0 Å². The molecule has 1 aromatic rings. The molecule has 14 heavy (non-hydrogen) atoms. The summed E-state index contributed by atoms with van der Waals surface area (Å²) in [6, 6.07) is 4.94. The van der Waals surface area contributed by atoms with Crippen LogP contribution in [0.15, 0.2) is 12.1 Å². The average Bonchev–Trinajstić information content (AvgIpc) is 2.50. The quantitative estimate of drug-likeness (QED) is 0.729. The van der Waals surface area contributed by atoms with E-state index in [9.17, 15) is 0 Å². The van der Waals surface area contributed by atoms with Gasteiger partial charge in [0.2, 0.25) is 0 Å². The first kappa shape index (κ1) is 9.53. The van der Waals surface area contributed by atoms with Crippen molar-refractivity contribution in [2.24, 2.45) is 5.73 Å². The van der Waals surface area contributed by atoms with Gasteiger partial charge in [0.1, 0.15) is 0 Å². The maximum atomic E-state index is 5.75. The highest BCUT2D eigenvalue weighted by Crippen LogP contribution is 2.34. The summed E-state index contributed by atoms with van der Waals surface area (Å²) in [5.41, 5.74) is 11.4. The Bertz CT molecular complexity index is 358. The third-order valence-corrected chi connectivity index (χ3v) is 3.41. The van der Waals surface area contributed by atoms with E-state index in [1.54, 1.807) is 0 Å². The minimum absolute atomic E-state index is 0.491. The second kappa shape index (κ2) is 3.28. The predicted molar refractivity (Wildman–Crippen MR) is 60.9 cm³/mol. The lowest BCUT2D eigenvalue weighted by atomic mass is 10.0. The van der Waals surface area contributed by atoms with Crippen molar-refractivity contribution in [3.8, 4) is 0 Å². The molecule has 1 heterocycles. The molecule has 1 aliphatic heterocycles. The Kier molecular flexibility index (Phi) is 2.23. The van der Waals surface area contributed by atoms with Crippen molar-refractivity contribution in [3.05, 3.63) is 28.8 Å². The van der Waals surface area contributed by atoms with Crippen LogP contribution < -0.4 is 10.6 Å². The number of nitrogens with zero attached hydrogens (tertiary/aromatic N) is 1. The number of anilines is 1. The van der Waals surface area contributed by atoms with Gasteiger partial charge in [0, 0.05) is 25.3 Å². The maximum absolute atomic E-state index is 5.75. The largest absolute Gasteiger partial charge is 0.370 e. The van der Waals surface area contributed by atoms with Crippen LogP contribution in [0.4, 0.5) is 5.69 Å². The highest BCUT2D eigenvalue weighted by molar-refractivity contribution is 5.65. The van der Waals surface area contributed by atoms with Crippen LogP contribution in [0.1, 0.15) is 16.7 Å². The molecule has 0 saturated carbocycles. The zero-order valence-electron chi connectivity index (χ0n) is 9.17. The molecular formula is C12H18N2. The smallest absolute Gasteiger partial charge is 0.0450 e. The van der Waals surface area contributed by atoms with Gasteiger partial charge in [-0.25, -0.2) is 0 Å². The lowest BCUT2D eigenvalue weighted by Crippen LogP contribution is -2.35. The number of benzene rings is 1. The maximum Gasteiger partial charge on any atom is 0.0450 e. The van der Waals surface area contributed by atoms with Crippen molar-refractivity contribution in [1.82, 2.24) is 0 Å². The van der Waals surface area contributed by atoms with E-state index in [4.69, 9.17) is 5.73 Å². The Labute approximate surface area is 85.7 Å². The number of hydrogen-bond donors (Lipinski definition) is 1. The summed E-state index contributed by atoms with van der Waals surface area (Å²) < 4.78 is 0. The molecule has 0 fully saturated rings. The lowest BCUT2D eigenvalue weighted by molar-refractivity contribution is 0.674. The molecule has 1 unspecified atom stereocenters. The summed E-state index contributed by atoms with van der Waals surface area (Å²) in [6.45, 7) is 5.10. The van der Waals surface area contributed by atoms with Gasteiger partial charge in [-0.15, -0.1) is 0 Å². The molecule has 76 valence electrons. The number of likely N-dealkylation sites (N-methyl/N-ethyl adjacent to an activating group) is 1. The van der Waals surface area contributed by atoms with Gasteiger partial charge in [0.15, 0.2) is 0 Å². The van der Waals surface area contributed by atoms with Crippen molar-refractivity contribution < 1.29 is 0 Å². The van der Waals surface area contributed by atoms with Crippen molar-refractivity contribution in [3.63, 3.8) is 0 Å². The van der Waals surface area contributed by atoms with Crippen LogP contribution in [-0.4, -0.2) is 19.6 Å². The molecule has 2 N–H and O–H groups in total. The number of hydrogen-bond acceptors (Lipinski definition) is 2. The molecule has 1 atom stereocenters. The zero-order chi connectivity index (χ0) is 10.3. The number of rotatable bonds is 1. The minimum Gasteiger partial charge on any atom is -0.370 e. The van der Waals surface area contributed by atoms with Crippen LogP contribution >= 0.6 is 0 Å². The number of fused-ring (bicyclic) bond motifs is 1. The zero-order valence-corrected chi connectivity index (χ0v) is 9.17. The highest BCUT2D eigenvalue weighted by Gasteiger charge is 2.26. The molecule has 0 saturated heterocycles. The molecule has 0 radical (unpaired) electrons. The summed E-state index contributed by atoms with van der Waals surface area (Å²) in [4.78, 5) is 2.33. The SMILES string of the molecule is Cc1ccc2c(c1C)N(C)C(CN)C2. The normalized spacial score (nSPS) is 20.0. The molecule has 2 heteroatoms. The van der Waals surface area contributed by atoms with E-state index in [0.717, 1.165) is 13.0 Å². The molecule has 0 aromatic heterocycles. The number of nitrogens with two attached hydrogens (primary N) is 1. The van der Waals surface area contributed by atoms with Gasteiger partial charge in [0.25, 0.3) is 0 Å². The topological polar surface area (TPSA) is 29.3 Å². The van der Waals surface area contributed by atoms with Crippen molar-refractivity contribution in [2.45, 2.75) is 26.3 Å². The summed E-state index contributed by atoms with van der Waals surface area (Å²) in [7, 11) is 2.15. The predicted octanol–water partition coefficient (Wildman–Crippen LogP) is 1.62. The first-order valence-corrected chi connectivity index (χ1v) is 5.17. The Morgan fingerprint density at radius 3 is 2.79 bits per heavy atom. The molecule has 1 aromatic carbocycles.